The fourth-order valence-electron chi connectivity index (χ4n) is 3.49. The maximum Gasteiger partial charge on any atom is 0.253 e. The number of aryl methyl sites for hydroxylation is 1. The van der Waals surface area contributed by atoms with Gasteiger partial charge in [-0.3, -0.25) is 9.59 Å². The van der Waals surface area contributed by atoms with Crippen molar-refractivity contribution < 1.29 is 14.0 Å². The van der Waals surface area contributed by atoms with E-state index in [1.165, 1.54) is 5.56 Å². The summed E-state index contributed by atoms with van der Waals surface area (Å²) < 4.78 is 7.28. The molecule has 2 aromatic heterocycles. The van der Waals surface area contributed by atoms with E-state index in [1.807, 2.05) is 32.0 Å². The Morgan fingerprint density at radius 3 is 2.50 bits per heavy atom. The number of carbonyl (C=O) groups is 2. The lowest BCUT2D eigenvalue weighted by atomic mass is 10.0. The molecule has 0 saturated carbocycles. The predicted octanol–water partition coefficient (Wildman–Crippen LogP) is 4.25. The van der Waals surface area contributed by atoms with Crippen molar-refractivity contribution >= 4 is 11.8 Å². The van der Waals surface area contributed by atoms with Crippen LogP contribution in [0.3, 0.4) is 0 Å². The third-order valence-corrected chi connectivity index (χ3v) is 5.23. The van der Waals surface area contributed by atoms with Crippen molar-refractivity contribution in [2.45, 2.75) is 53.1 Å². The fraction of sp³-hybridized carbons (Fsp3) is 0.333. The van der Waals surface area contributed by atoms with Crippen molar-refractivity contribution in [2.24, 2.45) is 0 Å². The van der Waals surface area contributed by atoms with Gasteiger partial charge in [-0.2, -0.15) is 0 Å². The van der Waals surface area contributed by atoms with Crippen molar-refractivity contribution in [2.75, 3.05) is 0 Å². The summed E-state index contributed by atoms with van der Waals surface area (Å²) in [7, 11) is 0. The van der Waals surface area contributed by atoms with E-state index < -0.39 is 6.04 Å². The van der Waals surface area contributed by atoms with E-state index in [1.54, 1.807) is 25.3 Å². The number of nitrogens with one attached hydrogen (secondary N) is 2. The summed E-state index contributed by atoms with van der Waals surface area (Å²) in [6.07, 6.45) is 1.55. The number of aromatic nitrogens is 1. The Hall–Kier alpha value is -3.28. The molecule has 6 heteroatoms. The van der Waals surface area contributed by atoms with E-state index in [4.69, 9.17) is 4.42 Å². The lowest BCUT2D eigenvalue weighted by Gasteiger charge is -2.15. The van der Waals surface area contributed by atoms with Crippen LogP contribution in [0.2, 0.25) is 0 Å². The van der Waals surface area contributed by atoms with E-state index in [2.05, 4.69) is 41.2 Å². The molecule has 2 amide bonds. The average molecular weight is 408 g/mol. The highest BCUT2D eigenvalue weighted by Gasteiger charge is 2.21. The zero-order chi connectivity index (χ0) is 21.8. The number of nitrogens with zero attached hydrogens (tertiary/aromatic N) is 1. The summed E-state index contributed by atoms with van der Waals surface area (Å²) in [5, 5.41) is 5.56. The number of amides is 2. The van der Waals surface area contributed by atoms with Gasteiger partial charge in [0.25, 0.3) is 5.91 Å². The quantitative estimate of drug-likeness (QED) is 0.615. The second-order valence-corrected chi connectivity index (χ2v) is 7.86. The van der Waals surface area contributed by atoms with Gasteiger partial charge in [-0.1, -0.05) is 26.0 Å². The monoisotopic (exact) mass is 407 g/mol. The molecule has 1 aromatic carbocycles. The summed E-state index contributed by atoms with van der Waals surface area (Å²) >= 11 is 0. The van der Waals surface area contributed by atoms with Crippen molar-refractivity contribution in [1.29, 1.82) is 0 Å². The van der Waals surface area contributed by atoms with Gasteiger partial charge in [0.05, 0.1) is 18.4 Å². The van der Waals surface area contributed by atoms with Crippen LogP contribution in [0.15, 0.2) is 53.1 Å². The molecule has 6 nitrogen and oxygen atoms in total. The molecule has 0 aliphatic carbocycles. The second-order valence-electron chi connectivity index (χ2n) is 7.86. The van der Waals surface area contributed by atoms with Crippen molar-refractivity contribution in [3.8, 4) is 5.69 Å². The molecule has 3 aromatic rings. The van der Waals surface area contributed by atoms with Gasteiger partial charge in [0, 0.05) is 17.1 Å². The summed E-state index contributed by atoms with van der Waals surface area (Å²) in [4.78, 5) is 25.2. The third kappa shape index (κ3) is 4.64. The van der Waals surface area contributed by atoms with E-state index in [0.717, 1.165) is 17.1 Å². The minimum Gasteiger partial charge on any atom is -0.467 e. The van der Waals surface area contributed by atoms with Gasteiger partial charge >= 0.3 is 0 Å². The Bertz CT molecular complexity index is 1030. The fourth-order valence-corrected chi connectivity index (χ4v) is 3.49. The highest BCUT2D eigenvalue weighted by Crippen LogP contribution is 2.24. The number of rotatable bonds is 7. The Kier molecular flexibility index (Phi) is 6.45. The number of hydrogen-bond acceptors (Lipinski definition) is 3. The Labute approximate surface area is 177 Å². The van der Waals surface area contributed by atoms with E-state index >= 15 is 0 Å². The Morgan fingerprint density at radius 1 is 1.07 bits per heavy atom. The highest BCUT2D eigenvalue weighted by atomic mass is 16.3. The average Bonchev–Trinajstić information content (AvgIpc) is 3.33. The lowest BCUT2D eigenvalue weighted by Crippen LogP contribution is -2.44. The topological polar surface area (TPSA) is 76.3 Å². The number of furan rings is 1. The van der Waals surface area contributed by atoms with Crippen molar-refractivity contribution in [1.82, 2.24) is 15.2 Å². The standard InChI is InChI=1S/C24H29N3O3/c1-15(2)19-8-6-9-20(13-19)27-16(3)12-22(18(27)5)24(29)26-17(4)23(28)25-14-21-10-7-11-30-21/h6-13,15,17H,14H2,1-5H3,(H,25,28)(H,26,29). The Balaban J connectivity index is 1.73. The number of hydrogen-bond donors (Lipinski definition) is 2. The molecule has 0 aliphatic heterocycles. The van der Waals surface area contributed by atoms with Gasteiger partial charge in [0.2, 0.25) is 5.91 Å². The van der Waals surface area contributed by atoms with Crippen molar-refractivity contribution in [3.63, 3.8) is 0 Å². The molecule has 1 atom stereocenters. The first kappa shape index (κ1) is 21.4. The minimum absolute atomic E-state index is 0.266. The molecular formula is C24H29N3O3. The van der Waals surface area contributed by atoms with Gasteiger partial charge in [-0.05, 0) is 62.6 Å². The Morgan fingerprint density at radius 2 is 1.83 bits per heavy atom. The van der Waals surface area contributed by atoms with Crippen LogP contribution in [0, 0.1) is 13.8 Å². The first-order valence-corrected chi connectivity index (χ1v) is 10.2. The number of carbonyl (C=O) groups excluding carboxylic acids is 2. The first-order valence-electron chi connectivity index (χ1n) is 10.2. The van der Waals surface area contributed by atoms with Crippen LogP contribution in [-0.2, 0) is 11.3 Å². The lowest BCUT2D eigenvalue weighted by molar-refractivity contribution is -0.122. The zero-order valence-electron chi connectivity index (χ0n) is 18.2. The van der Waals surface area contributed by atoms with Gasteiger partial charge in [0.15, 0.2) is 0 Å². The summed E-state index contributed by atoms with van der Waals surface area (Å²) in [6, 6.07) is 13.1. The second kappa shape index (κ2) is 9.03. The SMILES string of the molecule is Cc1cc(C(=O)NC(C)C(=O)NCc2ccco2)c(C)n1-c1cccc(C(C)C)c1. The molecule has 0 radical (unpaired) electrons. The number of benzene rings is 1. The molecule has 3 rings (SSSR count). The van der Waals surface area contributed by atoms with E-state index in [-0.39, 0.29) is 18.4 Å². The van der Waals surface area contributed by atoms with Crippen LogP contribution in [0.25, 0.3) is 5.69 Å². The molecule has 158 valence electrons. The van der Waals surface area contributed by atoms with Crippen LogP contribution in [0.4, 0.5) is 0 Å². The van der Waals surface area contributed by atoms with Crippen LogP contribution >= 0.6 is 0 Å². The molecule has 30 heavy (non-hydrogen) atoms. The molecule has 2 N–H and O–H groups in total. The van der Waals surface area contributed by atoms with E-state index in [0.29, 0.717) is 17.2 Å². The molecule has 0 saturated heterocycles. The predicted molar refractivity (Wildman–Crippen MR) is 117 cm³/mol. The zero-order valence-corrected chi connectivity index (χ0v) is 18.2. The molecule has 2 heterocycles. The normalized spacial score (nSPS) is 12.1. The largest absolute Gasteiger partial charge is 0.467 e. The maximum atomic E-state index is 12.9. The summed E-state index contributed by atoms with van der Waals surface area (Å²) in [5.41, 5.74) is 4.64. The smallest absolute Gasteiger partial charge is 0.253 e. The highest BCUT2D eigenvalue weighted by molar-refractivity contribution is 5.98. The molecular weight excluding hydrogens is 378 g/mol. The minimum atomic E-state index is -0.667. The first-order chi connectivity index (χ1) is 14.3. The molecule has 0 aliphatic rings. The maximum absolute atomic E-state index is 12.9. The van der Waals surface area contributed by atoms with Gasteiger partial charge in [-0.25, -0.2) is 0 Å². The molecule has 0 bridgehead atoms. The molecule has 0 spiro atoms. The molecule has 0 fully saturated rings. The van der Waals surface area contributed by atoms with Gasteiger partial charge in [0.1, 0.15) is 11.8 Å². The third-order valence-electron chi connectivity index (χ3n) is 5.23. The van der Waals surface area contributed by atoms with Crippen molar-refractivity contribution in [3.05, 3.63) is 77.0 Å². The van der Waals surface area contributed by atoms with E-state index in [9.17, 15) is 9.59 Å². The van der Waals surface area contributed by atoms with Crippen LogP contribution in [0.5, 0.6) is 0 Å². The van der Waals surface area contributed by atoms with Gasteiger partial charge in [-0.15, -0.1) is 0 Å². The summed E-state index contributed by atoms with van der Waals surface area (Å²) in [6.45, 7) is 10.2. The van der Waals surface area contributed by atoms with Crippen LogP contribution in [-0.4, -0.2) is 22.4 Å². The summed E-state index contributed by atoms with van der Waals surface area (Å²) in [5.74, 6) is 0.548. The van der Waals surface area contributed by atoms with Crippen LogP contribution in [0.1, 0.15) is 59.8 Å². The van der Waals surface area contributed by atoms with Gasteiger partial charge < -0.3 is 19.6 Å². The molecule has 1 unspecified atom stereocenters. The van der Waals surface area contributed by atoms with Crippen LogP contribution < -0.4 is 10.6 Å².